The van der Waals surface area contributed by atoms with Gasteiger partial charge in [-0.2, -0.15) is 0 Å². The molecule has 0 heterocycles. The zero-order valence-corrected chi connectivity index (χ0v) is 11.9. The molecule has 1 rings (SSSR count). The smallest absolute Gasteiger partial charge is 0.323 e. The summed E-state index contributed by atoms with van der Waals surface area (Å²) in [4.78, 5) is 13.9. The Labute approximate surface area is 120 Å². The first-order valence-electron chi connectivity index (χ1n) is 6.41. The normalized spacial score (nSPS) is 11.1. The minimum atomic E-state index is -0.417. The Morgan fingerprint density at radius 2 is 2.05 bits per heavy atom. The molecule has 0 radical (unpaired) electrons. The van der Waals surface area contributed by atoms with Gasteiger partial charge < -0.3 is 4.74 Å². The van der Waals surface area contributed by atoms with Crippen LogP contribution in [-0.2, 0) is 16.0 Å². The maximum Gasteiger partial charge on any atom is 0.323 e. The van der Waals surface area contributed by atoms with Crippen molar-refractivity contribution in [3.8, 4) is 24.2 Å². The molecule has 104 valence electrons. The Morgan fingerprint density at radius 1 is 1.35 bits per heavy atom. The van der Waals surface area contributed by atoms with Crippen LogP contribution in [0.1, 0.15) is 12.5 Å². The van der Waals surface area contributed by atoms with Crippen LogP contribution in [0.3, 0.4) is 0 Å². The van der Waals surface area contributed by atoms with Gasteiger partial charge in [0.25, 0.3) is 0 Å². The second-order valence-corrected chi connectivity index (χ2v) is 4.26. The zero-order valence-electron chi connectivity index (χ0n) is 11.9. The topological polar surface area (TPSA) is 29.5 Å². The van der Waals surface area contributed by atoms with Gasteiger partial charge in [-0.05, 0) is 18.9 Å². The summed E-state index contributed by atoms with van der Waals surface area (Å²) in [5.41, 5.74) is 1.06. The van der Waals surface area contributed by atoms with Crippen molar-refractivity contribution >= 4 is 5.97 Å². The Kier molecular flexibility index (Phi) is 6.96. The molecule has 0 amide bonds. The lowest BCUT2D eigenvalue weighted by Crippen LogP contribution is -2.44. The van der Waals surface area contributed by atoms with E-state index in [1.807, 2.05) is 35.2 Å². The molecule has 1 atom stereocenters. The minimum Gasteiger partial charge on any atom is -0.468 e. The van der Waals surface area contributed by atoms with Gasteiger partial charge >= 0.3 is 5.97 Å². The molecule has 0 spiro atoms. The number of terminal acetylenes is 1. The van der Waals surface area contributed by atoms with Crippen LogP contribution in [0.15, 0.2) is 30.3 Å². The first kappa shape index (κ1) is 15.8. The van der Waals surface area contributed by atoms with E-state index in [1.54, 1.807) is 6.92 Å². The van der Waals surface area contributed by atoms with Crippen LogP contribution in [0.25, 0.3) is 0 Å². The van der Waals surface area contributed by atoms with Crippen molar-refractivity contribution in [1.82, 2.24) is 4.90 Å². The molecule has 0 saturated heterocycles. The van der Waals surface area contributed by atoms with Gasteiger partial charge in [-0.25, -0.2) is 0 Å². The number of carbonyl (C=O) groups excluding carboxylic acids is 1. The minimum absolute atomic E-state index is 0.290. The van der Waals surface area contributed by atoms with E-state index < -0.39 is 6.04 Å². The lowest BCUT2D eigenvalue weighted by molar-refractivity contribution is -0.146. The summed E-state index contributed by atoms with van der Waals surface area (Å²) in [6.45, 7) is 2.58. The third kappa shape index (κ3) is 4.80. The van der Waals surface area contributed by atoms with Gasteiger partial charge in [-0.1, -0.05) is 42.2 Å². The van der Waals surface area contributed by atoms with Crippen LogP contribution in [0.2, 0.25) is 0 Å². The van der Waals surface area contributed by atoms with Crippen molar-refractivity contribution in [3.05, 3.63) is 35.9 Å². The number of nitrogens with zero attached hydrogens (tertiary/aromatic N) is 1. The highest BCUT2D eigenvalue weighted by molar-refractivity contribution is 5.76. The van der Waals surface area contributed by atoms with Crippen LogP contribution in [0, 0.1) is 24.2 Å². The van der Waals surface area contributed by atoms with Crippen LogP contribution < -0.4 is 0 Å². The third-order valence-electron chi connectivity index (χ3n) is 2.94. The number of hydrogen-bond donors (Lipinski definition) is 0. The number of ether oxygens (including phenoxy) is 1. The Bertz CT molecular complexity index is 519. The molecule has 1 unspecified atom stereocenters. The largest absolute Gasteiger partial charge is 0.468 e. The second-order valence-electron chi connectivity index (χ2n) is 4.26. The van der Waals surface area contributed by atoms with Crippen LogP contribution >= 0.6 is 0 Å². The quantitative estimate of drug-likeness (QED) is 0.582. The van der Waals surface area contributed by atoms with E-state index in [4.69, 9.17) is 11.2 Å². The van der Waals surface area contributed by atoms with Crippen molar-refractivity contribution in [2.75, 3.05) is 20.2 Å². The van der Waals surface area contributed by atoms with Crippen LogP contribution in [0.5, 0.6) is 0 Å². The van der Waals surface area contributed by atoms with E-state index in [-0.39, 0.29) is 5.97 Å². The molecule has 0 fully saturated rings. The highest BCUT2D eigenvalue weighted by Gasteiger charge is 2.26. The summed E-state index contributed by atoms with van der Waals surface area (Å²) in [5.74, 6) is 8.05. The summed E-state index contributed by atoms with van der Waals surface area (Å²) in [6, 6.07) is 9.38. The molecular weight excluding hydrogens is 250 g/mol. The van der Waals surface area contributed by atoms with Crippen LogP contribution in [0.4, 0.5) is 0 Å². The van der Waals surface area contributed by atoms with E-state index in [1.165, 1.54) is 7.11 Å². The average molecular weight is 269 g/mol. The molecule has 0 aliphatic carbocycles. The number of rotatable bonds is 6. The van der Waals surface area contributed by atoms with Crippen molar-refractivity contribution < 1.29 is 9.53 Å². The predicted molar refractivity (Wildman–Crippen MR) is 79.8 cm³/mol. The SMILES string of the molecule is C#CCN(CC#CC)C(Cc1ccccc1)C(=O)OC. The molecular formula is C17H19NO2. The highest BCUT2D eigenvalue weighted by atomic mass is 16.5. The molecule has 0 aromatic heterocycles. The molecule has 1 aromatic carbocycles. The number of esters is 1. The predicted octanol–water partition coefficient (Wildman–Crippen LogP) is 1.73. The third-order valence-corrected chi connectivity index (χ3v) is 2.94. The summed E-state index contributed by atoms with van der Waals surface area (Å²) in [6.07, 6.45) is 5.94. The zero-order chi connectivity index (χ0) is 14.8. The van der Waals surface area contributed by atoms with Gasteiger partial charge in [-0.15, -0.1) is 12.3 Å². The van der Waals surface area contributed by atoms with E-state index in [0.29, 0.717) is 19.5 Å². The first-order valence-corrected chi connectivity index (χ1v) is 6.41. The fourth-order valence-electron chi connectivity index (χ4n) is 1.91. The molecule has 20 heavy (non-hydrogen) atoms. The number of hydrogen-bond acceptors (Lipinski definition) is 3. The summed E-state index contributed by atoms with van der Waals surface area (Å²) in [5, 5.41) is 0. The monoisotopic (exact) mass is 269 g/mol. The van der Waals surface area contributed by atoms with Crippen molar-refractivity contribution in [3.63, 3.8) is 0 Å². The average Bonchev–Trinajstić information content (AvgIpc) is 2.49. The van der Waals surface area contributed by atoms with Gasteiger partial charge in [0, 0.05) is 0 Å². The Balaban J connectivity index is 2.93. The fourth-order valence-corrected chi connectivity index (χ4v) is 1.91. The number of carbonyl (C=O) groups is 1. The summed E-state index contributed by atoms with van der Waals surface area (Å²) < 4.78 is 4.89. The Hall–Kier alpha value is -2.23. The Morgan fingerprint density at radius 3 is 2.60 bits per heavy atom. The second kappa shape index (κ2) is 8.80. The molecule has 1 aromatic rings. The molecule has 0 saturated carbocycles. The maximum atomic E-state index is 12.0. The van der Waals surface area contributed by atoms with E-state index in [9.17, 15) is 4.79 Å². The molecule has 3 heteroatoms. The standard InChI is InChI=1S/C17H19NO2/c1-4-6-13-18(12-5-2)16(17(19)20-3)14-15-10-8-7-9-11-15/h2,7-11,16H,12-14H2,1,3H3. The highest BCUT2D eigenvalue weighted by Crippen LogP contribution is 2.10. The van der Waals surface area contributed by atoms with Crippen molar-refractivity contribution in [2.45, 2.75) is 19.4 Å². The number of methoxy groups -OCH3 is 1. The van der Waals surface area contributed by atoms with E-state index in [0.717, 1.165) is 5.56 Å². The lowest BCUT2D eigenvalue weighted by atomic mass is 10.0. The summed E-state index contributed by atoms with van der Waals surface area (Å²) in [7, 11) is 1.39. The van der Waals surface area contributed by atoms with E-state index >= 15 is 0 Å². The van der Waals surface area contributed by atoms with Gasteiger partial charge in [0.1, 0.15) is 6.04 Å². The summed E-state index contributed by atoms with van der Waals surface area (Å²) >= 11 is 0. The molecule has 0 aliphatic heterocycles. The van der Waals surface area contributed by atoms with Gasteiger partial charge in [0.15, 0.2) is 0 Å². The molecule has 3 nitrogen and oxygen atoms in total. The molecule has 0 bridgehead atoms. The van der Waals surface area contributed by atoms with Gasteiger partial charge in [0.05, 0.1) is 20.2 Å². The van der Waals surface area contributed by atoms with Crippen LogP contribution in [-0.4, -0.2) is 37.1 Å². The van der Waals surface area contributed by atoms with E-state index in [2.05, 4.69) is 17.8 Å². The maximum absolute atomic E-state index is 12.0. The van der Waals surface area contributed by atoms with Crippen molar-refractivity contribution in [1.29, 1.82) is 0 Å². The number of benzene rings is 1. The fraction of sp³-hybridized carbons (Fsp3) is 0.353. The lowest BCUT2D eigenvalue weighted by Gasteiger charge is -2.26. The van der Waals surface area contributed by atoms with Gasteiger partial charge in [0.2, 0.25) is 0 Å². The molecule has 0 N–H and O–H groups in total. The molecule has 0 aliphatic rings. The first-order chi connectivity index (χ1) is 9.72. The van der Waals surface area contributed by atoms with Crippen molar-refractivity contribution in [2.24, 2.45) is 0 Å². The van der Waals surface area contributed by atoms with Gasteiger partial charge in [-0.3, -0.25) is 9.69 Å².